The van der Waals surface area contributed by atoms with Gasteiger partial charge in [-0.2, -0.15) is 5.26 Å². The van der Waals surface area contributed by atoms with Crippen LogP contribution >= 0.6 is 11.8 Å². The van der Waals surface area contributed by atoms with E-state index >= 15 is 0 Å². The number of amides is 2. The number of nitrogens with zero attached hydrogens (tertiary/aromatic N) is 3. The Morgan fingerprint density at radius 1 is 1.28 bits per heavy atom. The van der Waals surface area contributed by atoms with Crippen LogP contribution in [0.25, 0.3) is 0 Å². The molecule has 1 saturated carbocycles. The van der Waals surface area contributed by atoms with Gasteiger partial charge >= 0.3 is 6.09 Å². The lowest BCUT2D eigenvalue weighted by Gasteiger charge is -2.15. The minimum atomic E-state index is -1.12. The third-order valence-corrected chi connectivity index (χ3v) is 5.95. The number of carbonyl (C=O) groups is 2. The Hall–Kier alpha value is -3.38. The molecule has 1 fully saturated rings. The summed E-state index contributed by atoms with van der Waals surface area (Å²) in [6.45, 7) is 0. The number of nitrogens with one attached hydrogen (secondary N) is 2. The van der Waals surface area contributed by atoms with Gasteiger partial charge in [-0.25, -0.2) is 9.78 Å². The van der Waals surface area contributed by atoms with Crippen LogP contribution in [0.15, 0.2) is 47.6 Å². The molecule has 2 aliphatic rings. The molecule has 8 nitrogen and oxygen atoms in total. The summed E-state index contributed by atoms with van der Waals surface area (Å²) in [7, 11) is 0. The summed E-state index contributed by atoms with van der Waals surface area (Å²) in [6, 6.07) is 12.5. The van der Waals surface area contributed by atoms with E-state index in [4.69, 9.17) is 15.4 Å². The van der Waals surface area contributed by atoms with Crippen LogP contribution in [0.3, 0.4) is 0 Å². The van der Waals surface area contributed by atoms with Gasteiger partial charge < -0.3 is 10.4 Å². The predicted octanol–water partition coefficient (Wildman–Crippen LogP) is 3.18. The summed E-state index contributed by atoms with van der Waals surface area (Å²) in [5.74, 6) is 0.797. The zero-order chi connectivity index (χ0) is 20.4. The van der Waals surface area contributed by atoms with E-state index in [-0.39, 0.29) is 11.6 Å². The number of anilines is 1. The van der Waals surface area contributed by atoms with Crippen LogP contribution in [-0.4, -0.2) is 33.0 Å². The van der Waals surface area contributed by atoms with E-state index in [0.29, 0.717) is 22.3 Å². The highest BCUT2D eigenvalue weighted by Crippen LogP contribution is 2.59. The minimum Gasteiger partial charge on any atom is -0.465 e. The zero-order valence-electron chi connectivity index (χ0n) is 15.3. The molecule has 2 aromatic rings. The Bertz CT molecular complexity index is 1050. The molecule has 2 atom stereocenters. The molecule has 2 heterocycles. The fourth-order valence-corrected chi connectivity index (χ4v) is 4.52. The maximum absolute atomic E-state index is 12.5. The number of pyridine rings is 1. The summed E-state index contributed by atoms with van der Waals surface area (Å²) in [5.41, 5.74) is 1.71. The summed E-state index contributed by atoms with van der Waals surface area (Å²) in [5, 5.41) is 23.5. The molecule has 9 heteroatoms. The molecule has 0 saturated heterocycles. The van der Waals surface area contributed by atoms with Crippen LogP contribution in [-0.2, 0) is 5.54 Å². The summed E-state index contributed by atoms with van der Waals surface area (Å²) < 4.78 is 0. The third-order valence-electron chi connectivity index (χ3n) is 5.04. The van der Waals surface area contributed by atoms with E-state index in [1.54, 1.807) is 12.1 Å². The number of carbonyl (C=O) groups excluding carboxylic acids is 1. The second kappa shape index (κ2) is 7.56. The first-order valence-electron chi connectivity index (χ1n) is 9.01. The number of aromatic nitrogens is 1. The molecule has 0 unspecified atom stereocenters. The molecule has 0 spiro atoms. The molecule has 0 bridgehead atoms. The van der Waals surface area contributed by atoms with Crippen molar-refractivity contribution < 1.29 is 14.7 Å². The molecule has 1 aromatic heterocycles. The van der Waals surface area contributed by atoms with Crippen molar-refractivity contribution >= 4 is 34.6 Å². The first-order chi connectivity index (χ1) is 14.0. The fraction of sp³-hybridized carbons (Fsp3) is 0.250. The quantitative estimate of drug-likeness (QED) is 0.717. The van der Waals surface area contributed by atoms with Gasteiger partial charge in [0.2, 0.25) is 0 Å². The summed E-state index contributed by atoms with van der Waals surface area (Å²) in [6.07, 6.45) is 2.03. The molecule has 1 aliphatic heterocycles. The van der Waals surface area contributed by atoms with Crippen LogP contribution in [0, 0.1) is 17.2 Å². The third kappa shape index (κ3) is 3.93. The Morgan fingerprint density at radius 2 is 2.14 bits per heavy atom. The molecule has 146 valence electrons. The molecular weight excluding hydrogens is 390 g/mol. The number of hydrogen-bond acceptors (Lipinski definition) is 6. The second-order valence-electron chi connectivity index (χ2n) is 6.89. The van der Waals surface area contributed by atoms with Crippen molar-refractivity contribution in [2.45, 2.75) is 18.4 Å². The monoisotopic (exact) mass is 407 g/mol. The molecule has 3 N–H and O–H groups in total. The van der Waals surface area contributed by atoms with E-state index in [2.05, 4.69) is 15.6 Å². The number of carboxylic acid groups (broad SMARTS) is 1. The lowest BCUT2D eigenvalue weighted by molar-refractivity contribution is 0.102. The molecule has 0 radical (unpaired) electrons. The van der Waals surface area contributed by atoms with Crippen LogP contribution in [0.5, 0.6) is 0 Å². The topological polar surface area (TPSA) is 127 Å². The molecular formula is C20H17N5O3S. The average Bonchev–Trinajstić information content (AvgIpc) is 3.43. The maximum Gasteiger partial charge on any atom is 0.410 e. The maximum atomic E-state index is 12.5. The van der Waals surface area contributed by atoms with E-state index in [0.717, 1.165) is 24.2 Å². The van der Waals surface area contributed by atoms with Crippen LogP contribution < -0.4 is 10.6 Å². The number of hydrogen-bond donors (Lipinski definition) is 3. The number of fused-ring (bicyclic) bond motifs is 1. The Kier molecular flexibility index (Phi) is 4.94. The number of rotatable bonds is 3. The predicted molar refractivity (Wildman–Crippen MR) is 109 cm³/mol. The van der Waals surface area contributed by atoms with Gasteiger partial charge in [-0.3, -0.25) is 15.1 Å². The minimum absolute atomic E-state index is 0.216. The van der Waals surface area contributed by atoms with Gasteiger partial charge in [-0.15, -0.1) is 0 Å². The van der Waals surface area contributed by atoms with Gasteiger partial charge in [0.15, 0.2) is 5.17 Å². The van der Waals surface area contributed by atoms with Crippen LogP contribution in [0.1, 0.15) is 34.5 Å². The number of thioether (sulfide) groups is 1. The Labute approximate surface area is 171 Å². The summed E-state index contributed by atoms with van der Waals surface area (Å²) >= 11 is 1.41. The van der Waals surface area contributed by atoms with Gasteiger partial charge in [-0.05, 0) is 48.6 Å². The van der Waals surface area contributed by atoms with E-state index in [1.165, 1.54) is 24.0 Å². The first kappa shape index (κ1) is 19.0. The SMILES string of the molecule is N#Cc1ccc(C(=O)Nc2cccc([C@]34C[C@H]3CCSC(NC(=O)O)=N4)c2)nc1. The van der Waals surface area contributed by atoms with Crippen molar-refractivity contribution in [1.82, 2.24) is 10.3 Å². The summed E-state index contributed by atoms with van der Waals surface area (Å²) in [4.78, 5) is 32.2. The molecule has 29 heavy (non-hydrogen) atoms. The number of amidine groups is 1. The van der Waals surface area contributed by atoms with Gasteiger partial charge in [0.25, 0.3) is 5.91 Å². The molecule has 2 amide bonds. The van der Waals surface area contributed by atoms with Gasteiger partial charge in [0, 0.05) is 17.6 Å². The number of aliphatic imine (C=N–C) groups is 1. The normalized spacial score (nSPS) is 22.3. The molecule has 1 aromatic carbocycles. The highest BCUT2D eigenvalue weighted by atomic mass is 32.2. The highest BCUT2D eigenvalue weighted by molar-refractivity contribution is 8.13. The fourth-order valence-electron chi connectivity index (χ4n) is 3.54. The zero-order valence-corrected chi connectivity index (χ0v) is 16.1. The second-order valence-corrected chi connectivity index (χ2v) is 7.97. The smallest absolute Gasteiger partial charge is 0.410 e. The lowest BCUT2D eigenvalue weighted by Crippen LogP contribution is -2.27. The lowest BCUT2D eigenvalue weighted by atomic mass is 10.0. The van der Waals surface area contributed by atoms with Crippen molar-refractivity contribution in [3.05, 3.63) is 59.4 Å². The Balaban J connectivity index is 1.56. The van der Waals surface area contributed by atoms with Crippen LogP contribution in [0.4, 0.5) is 10.5 Å². The largest absolute Gasteiger partial charge is 0.465 e. The molecule has 4 rings (SSSR count). The van der Waals surface area contributed by atoms with Crippen molar-refractivity contribution in [3.8, 4) is 6.07 Å². The number of nitriles is 1. The number of benzene rings is 1. The molecule has 1 aliphatic carbocycles. The highest BCUT2D eigenvalue weighted by Gasteiger charge is 2.56. The van der Waals surface area contributed by atoms with Gasteiger partial charge in [0.05, 0.1) is 11.1 Å². The van der Waals surface area contributed by atoms with Crippen molar-refractivity contribution in [3.63, 3.8) is 0 Å². The van der Waals surface area contributed by atoms with Gasteiger partial charge in [0.1, 0.15) is 11.8 Å². The van der Waals surface area contributed by atoms with E-state index < -0.39 is 11.6 Å². The van der Waals surface area contributed by atoms with Gasteiger partial charge in [-0.1, -0.05) is 23.9 Å². The Morgan fingerprint density at radius 3 is 2.86 bits per heavy atom. The van der Waals surface area contributed by atoms with Crippen molar-refractivity contribution in [1.29, 1.82) is 5.26 Å². The average molecular weight is 407 g/mol. The van der Waals surface area contributed by atoms with Crippen molar-refractivity contribution in [2.24, 2.45) is 10.9 Å². The van der Waals surface area contributed by atoms with Crippen LogP contribution in [0.2, 0.25) is 0 Å². The van der Waals surface area contributed by atoms with Crippen molar-refractivity contribution in [2.75, 3.05) is 11.1 Å². The standard InChI is InChI=1S/C20H17N5O3S/c21-10-12-4-5-16(22-11-12)17(26)23-15-3-1-2-13(8-15)20-9-14(20)6-7-29-18(25-20)24-19(27)28/h1-5,8,11,14H,6-7,9H2,(H,23,26)(H,24,25)(H,27,28)/t14-,20-/m1/s1. The van der Waals surface area contributed by atoms with E-state index in [9.17, 15) is 9.59 Å². The first-order valence-corrected chi connectivity index (χ1v) is 9.99. The van der Waals surface area contributed by atoms with E-state index in [1.807, 2.05) is 24.3 Å².